The number of aromatic nitrogens is 3. The fourth-order valence-electron chi connectivity index (χ4n) is 3.23. The highest BCUT2D eigenvalue weighted by Crippen LogP contribution is 2.19. The van der Waals surface area contributed by atoms with Gasteiger partial charge >= 0.3 is 0 Å². The van der Waals surface area contributed by atoms with E-state index in [2.05, 4.69) is 39.8 Å². The molecule has 2 aromatic carbocycles. The average molecular weight is 370 g/mol. The first-order chi connectivity index (χ1) is 13.8. The van der Waals surface area contributed by atoms with Gasteiger partial charge in [-0.25, -0.2) is 0 Å². The largest absolute Gasteiger partial charge is 0.356 e. The zero-order valence-electron chi connectivity index (χ0n) is 15.6. The Kier molecular flexibility index (Phi) is 5.43. The van der Waals surface area contributed by atoms with Gasteiger partial charge in [-0.05, 0) is 35.2 Å². The number of carbonyl (C=O) groups excluding carboxylic acids is 1. The van der Waals surface area contributed by atoms with Crippen molar-refractivity contribution in [3.05, 3.63) is 90.4 Å². The summed E-state index contributed by atoms with van der Waals surface area (Å²) in [6.45, 7) is 0.628. The summed E-state index contributed by atoms with van der Waals surface area (Å²) >= 11 is 0. The summed E-state index contributed by atoms with van der Waals surface area (Å²) in [6, 6.07) is 24.2. The zero-order valence-corrected chi connectivity index (χ0v) is 15.6. The second-order valence-electron chi connectivity index (χ2n) is 6.74. The number of amides is 1. The van der Waals surface area contributed by atoms with Crippen molar-refractivity contribution in [3.8, 4) is 11.1 Å². The molecule has 0 fully saturated rings. The average Bonchev–Trinajstić information content (AvgIpc) is 3.16. The molecule has 1 amide bonds. The van der Waals surface area contributed by atoms with Gasteiger partial charge in [0.2, 0.25) is 5.91 Å². The zero-order chi connectivity index (χ0) is 19.2. The van der Waals surface area contributed by atoms with Crippen LogP contribution in [0.15, 0.2) is 79.0 Å². The van der Waals surface area contributed by atoms with Crippen LogP contribution in [0.3, 0.4) is 0 Å². The Bertz CT molecular complexity index is 1050. The molecule has 0 aliphatic carbocycles. The van der Waals surface area contributed by atoms with Crippen LogP contribution in [0, 0.1) is 0 Å². The van der Waals surface area contributed by atoms with Gasteiger partial charge in [0.25, 0.3) is 0 Å². The number of pyridine rings is 1. The van der Waals surface area contributed by atoms with E-state index in [1.807, 2.05) is 59.1 Å². The lowest BCUT2D eigenvalue weighted by atomic mass is 10.0. The van der Waals surface area contributed by atoms with E-state index in [4.69, 9.17) is 0 Å². The Morgan fingerprint density at radius 1 is 0.857 bits per heavy atom. The summed E-state index contributed by atoms with van der Waals surface area (Å²) in [5, 5.41) is 11.3. The van der Waals surface area contributed by atoms with Gasteiger partial charge < -0.3 is 5.32 Å². The van der Waals surface area contributed by atoms with Crippen LogP contribution in [-0.2, 0) is 17.6 Å². The normalized spacial score (nSPS) is 10.9. The Hall–Kier alpha value is -3.47. The number of nitrogens with zero attached hydrogens (tertiary/aromatic N) is 3. The molecule has 5 nitrogen and oxygen atoms in total. The fraction of sp³-hybridized carbons (Fsp3) is 0.174. The summed E-state index contributed by atoms with van der Waals surface area (Å²) in [5.74, 6) is 0.958. The molecule has 0 saturated carbocycles. The topological polar surface area (TPSA) is 59.3 Å². The van der Waals surface area contributed by atoms with Crippen molar-refractivity contribution in [2.24, 2.45) is 0 Å². The molecule has 0 spiro atoms. The van der Waals surface area contributed by atoms with Crippen LogP contribution in [0.2, 0.25) is 0 Å². The number of hydrogen-bond donors (Lipinski definition) is 1. The fourth-order valence-corrected chi connectivity index (χ4v) is 3.23. The van der Waals surface area contributed by atoms with E-state index in [0.29, 0.717) is 13.0 Å². The molecule has 0 radical (unpaired) electrons. The Morgan fingerprint density at radius 2 is 1.61 bits per heavy atom. The number of rotatable bonds is 7. The van der Waals surface area contributed by atoms with Crippen LogP contribution in [0.5, 0.6) is 0 Å². The first kappa shape index (κ1) is 17.9. The molecule has 4 rings (SSSR count). The number of hydrogen-bond acceptors (Lipinski definition) is 3. The van der Waals surface area contributed by atoms with Gasteiger partial charge in [0.1, 0.15) is 5.82 Å². The van der Waals surface area contributed by atoms with E-state index >= 15 is 0 Å². The van der Waals surface area contributed by atoms with Crippen molar-refractivity contribution in [2.45, 2.75) is 19.3 Å². The highest BCUT2D eigenvalue weighted by Gasteiger charge is 2.06. The second-order valence-corrected chi connectivity index (χ2v) is 6.74. The second kappa shape index (κ2) is 8.48. The van der Waals surface area contributed by atoms with Crippen LogP contribution >= 0.6 is 0 Å². The summed E-state index contributed by atoms with van der Waals surface area (Å²) in [4.78, 5) is 12.2. The summed E-state index contributed by atoms with van der Waals surface area (Å²) in [5.41, 5.74) is 4.20. The van der Waals surface area contributed by atoms with E-state index in [1.54, 1.807) is 0 Å². The first-order valence-electron chi connectivity index (χ1n) is 9.49. The van der Waals surface area contributed by atoms with E-state index in [-0.39, 0.29) is 5.91 Å². The third-order valence-corrected chi connectivity index (χ3v) is 4.71. The predicted molar refractivity (Wildman–Crippen MR) is 110 cm³/mol. The Labute approximate surface area is 164 Å². The molecule has 1 N–H and O–H groups in total. The lowest BCUT2D eigenvalue weighted by Crippen LogP contribution is -2.26. The maximum atomic E-state index is 12.2. The van der Waals surface area contributed by atoms with E-state index in [1.165, 1.54) is 5.56 Å². The highest BCUT2D eigenvalue weighted by atomic mass is 16.1. The molecule has 5 heteroatoms. The summed E-state index contributed by atoms with van der Waals surface area (Å²) in [6.07, 6.45) is 3.96. The molecule has 28 heavy (non-hydrogen) atoms. The lowest BCUT2D eigenvalue weighted by molar-refractivity contribution is -0.120. The van der Waals surface area contributed by atoms with Gasteiger partial charge in [-0.1, -0.05) is 60.7 Å². The molecule has 4 aromatic rings. The quantitative estimate of drug-likeness (QED) is 0.505. The van der Waals surface area contributed by atoms with Crippen LogP contribution in [0.25, 0.3) is 16.8 Å². The minimum absolute atomic E-state index is 0.0403. The van der Waals surface area contributed by atoms with Gasteiger partial charge in [0.05, 0.1) is 6.42 Å². The number of benzene rings is 2. The number of carbonyl (C=O) groups is 1. The molecule has 0 atom stereocenters. The van der Waals surface area contributed by atoms with Gasteiger partial charge in [0, 0.05) is 19.2 Å². The molecule has 2 heterocycles. The highest BCUT2D eigenvalue weighted by molar-refractivity contribution is 5.78. The van der Waals surface area contributed by atoms with E-state index < -0.39 is 0 Å². The number of aryl methyl sites for hydroxylation is 1. The summed E-state index contributed by atoms with van der Waals surface area (Å²) < 4.78 is 1.98. The molecular weight excluding hydrogens is 348 g/mol. The molecule has 0 unspecified atom stereocenters. The number of nitrogens with one attached hydrogen (secondary N) is 1. The lowest BCUT2D eigenvalue weighted by Gasteiger charge is -2.06. The summed E-state index contributed by atoms with van der Waals surface area (Å²) in [7, 11) is 0. The smallest absolute Gasteiger partial charge is 0.224 e. The van der Waals surface area contributed by atoms with Crippen molar-refractivity contribution in [1.82, 2.24) is 19.9 Å². The van der Waals surface area contributed by atoms with Crippen molar-refractivity contribution in [3.63, 3.8) is 0 Å². The molecule has 0 saturated heterocycles. The molecule has 0 bridgehead atoms. The third kappa shape index (κ3) is 4.26. The molecule has 0 aliphatic heterocycles. The van der Waals surface area contributed by atoms with Crippen LogP contribution in [0.1, 0.15) is 17.8 Å². The molecular formula is C23H22N4O. The molecule has 2 aromatic heterocycles. The Morgan fingerprint density at radius 3 is 2.43 bits per heavy atom. The third-order valence-electron chi connectivity index (χ3n) is 4.71. The minimum Gasteiger partial charge on any atom is -0.356 e. The van der Waals surface area contributed by atoms with Gasteiger partial charge in [-0.15, -0.1) is 10.2 Å². The molecule has 140 valence electrons. The van der Waals surface area contributed by atoms with Crippen molar-refractivity contribution in [2.75, 3.05) is 6.54 Å². The maximum Gasteiger partial charge on any atom is 0.224 e. The van der Waals surface area contributed by atoms with E-state index in [0.717, 1.165) is 35.4 Å². The van der Waals surface area contributed by atoms with Gasteiger partial charge in [0.15, 0.2) is 5.65 Å². The van der Waals surface area contributed by atoms with Gasteiger partial charge in [-0.3, -0.25) is 9.20 Å². The maximum absolute atomic E-state index is 12.2. The van der Waals surface area contributed by atoms with Crippen LogP contribution in [-0.4, -0.2) is 27.0 Å². The van der Waals surface area contributed by atoms with Crippen molar-refractivity contribution < 1.29 is 4.79 Å². The van der Waals surface area contributed by atoms with Crippen LogP contribution in [0.4, 0.5) is 0 Å². The van der Waals surface area contributed by atoms with Crippen molar-refractivity contribution >= 4 is 11.6 Å². The monoisotopic (exact) mass is 370 g/mol. The van der Waals surface area contributed by atoms with Gasteiger partial charge in [-0.2, -0.15) is 0 Å². The molecule has 0 aliphatic rings. The predicted octanol–water partition coefficient (Wildman–Crippen LogP) is 3.69. The number of fused-ring (bicyclic) bond motifs is 1. The Balaban J connectivity index is 1.24. The SMILES string of the molecule is O=C(Cc1ccc(-c2ccccc2)cc1)NCCCc1nnc2ccccn12. The minimum atomic E-state index is 0.0403. The first-order valence-corrected chi connectivity index (χ1v) is 9.49. The van der Waals surface area contributed by atoms with E-state index in [9.17, 15) is 4.79 Å². The standard InChI is InChI=1S/C23H22N4O/c28-23(17-18-11-13-20(14-12-18)19-7-2-1-3-8-19)24-15-6-10-22-26-25-21-9-4-5-16-27(21)22/h1-5,7-9,11-14,16H,6,10,15,17H2,(H,24,28). The van der Waals surface area contributed by atoms with Crippen molar-refractivity contribution in [1.29, 1.82) is 0 Å². The van der Waals surface area contributed by atoms with Crippen LogP contribution < -0.4 is 5.32 Å².